The Morgan fingerprint density at radius 3 is 2.29 bits per heavy atom. The van der Waals surface area contributed by atoms with E-state index in [0.717, 1.165) is 22.5 Å². The van der Waals surface area contributed by atoms with E-state index in [-0.39, 0.29) is 11.9 Å². The monoisotopic (exact) mass is 451 g/mol. The molecule has 0 fully saturated rings. The third-order valence-corrected chi connectivity index (χ3v) is 5.85. The number of fused-ring (bicyclic) bond motifs is 1. The van der Waals surface area contributed by atoms with Crippen molar-refractivity contribution in [3.8, 4) is 11.3 Å². The number of aromatic nitrogens is 2. The molecule has 7 heteroatoms. The number of anilines is 1. The van der Waals surface area contributed by atoms with Crippen molar-refractivity contribution in [1.29, 1.82) is 0 Å². The summed E-state index contributed by atoms with van der Waals surface area (Å²) in [5.41, 5.74) is 5.22. The summed E-state index contributed by atoms with van der Waals surface area (Å²) in [6.45, 7) is 2.19. The number of carbonyl (C=O) groups is 2. The van der Waals surface area contributed by atoms with Crippen molar-refractivity contribution >= 4 is 17.6 Å². The van der Waals surface area contributed by atoms with E-state index < -0.39 is 0 Å². The molecule has 0 aliphatic carbocycles. The van der Waals surface area contributed by atoms with Crippen molar-refractivity contribution in [2.45, 2.75) is 19.6 Å². The van der Waals surface area contributed by atoms with E-state index in [9.17, 15) is 9.59 Å². The second kappa shape index (κ2) is 9.62. The third-order valence-electron chi connectivity index (χ3n) is 5.85. The number of amides is 3. The van der Waals surface area contributed by atoms with Crippen molar-refractivity contribution in [1.82, 2.24) is 20.0 Å². The highest BCUT2D eigenvalue weighted by atomic mass is 16.2. The predicted molar refractivity (Wildman–Crippen MR) is 131 cm³/mol. The van der Waals surface area contributed by atoms with E-state index in [0.29, 0.717) is 37.4 Å². The largest absolute Gasteiger partial charge is 0.348 e. The lowest BCUT2D eigenvalue weighted by atomic mass is 10.1. The fourth-order valence-electron chi connectivity index (χ4n) is 3.98. The van der Waals surface area contributed by atoms with Gasteiger partial charge in [0.15, 0.2) is 0 Å². The number of hydrogen-bond donors (Lipinski definition) is 2. The minimum absolute atomic E-state index is 0.153. The van der Waals surface area contributed by atoms with Crippen LogP contribution < -0.4 is 10.6 Å². The number of benzene rings is 3. The Labute approximate surface area is 198 Å². The number of nitrogens with zero attached hydrogens (tertiary/aromatic N) is 3. The zero-order chi connectivity index (χ0) is 23.3. The SMILES string of the molecule is O=C(NCc1ccccc1)c1ccc(NC(=O)N2CCn3nc(-c4ccccc4)cc3C2)cc1. The maximum absolute atomic E-state index is 12.8. The lowest BCUT2D eigenvalue weighted by Gasteiger charge is -2.27. The minimum Gasteiger partial charge on any atom is -0.348 e. The van der Waals surface area contributed by atoms with Crippen LogP contribution in [-0.4, -0.2) is 33.2 Å². The zero-order valence-corrected chi connectivity index (χ0v) is 18.6. The summed E-state index contributed by atoms with van der Waals surface area (Å²) in [6.07, 6.45) is 0. The molecule has 2 heterocycles. The molecule has 3 amide bonds. The summed E-state index contributed by atoms with van der Waals surface area (Å²) in [6, 6.07) is 28.6. The second-order valence-corrected chi connectivity index (χ2v) is 8.21. The van der Waals surface area contributed by atoms with Gasteiger partial charge in [-0.1, -0.05) is 60.7 Å². The van der Waals surface area contributed by atoms with E-state index >= 15 is 0 Å². The Hall–Kier alpha value is -4.39. The molecule has 1 aliphatic rings. The molecule has 5 rings (SSSR count). The average Bonchev–Trinajstić information content (AvgIpc) is 3.32. The molecular formula is C27H25N5O2. The van der Waals surface area contributed by atoms with Crippen molar-refractivity contribution in [2.24, 2.45) is 0 Å². The highest BCUT2D eigenvalue weighted by molar-refractivity contribution is 5.95. The van der Waals surface area contributed by atoms with Crippen LogP contribution in [0.15, 0.2) is 91.0 Å². The van der Waals surface area contributed by atoms with Crippen LogP contribution in [0.25, 0.3) is 11.3 Å². The first kappa shape index (κ1) is 21.5. The molecule has 3 aromatic carbocycles. The summed E-state index contributed by atoms with van der Waals surface area (Å²) in [5.74, 6) is -0.153. The van der Waals surface area contributed by atoms with E-state index in [2.05, 4.69) is 15.7 Å². The lowest BCUT2D eigenvalue weighted by Crippen LogP contribution is -2.40. The molecule has 34 heavy (non-hydrogen) atoms. The maximum atomic E-state index is 12.8. The lowest BCUT2D eigenvalue weighted by molar-refractivity contribution is 0.0951. The fraction of sp³-hybridized carbons (Fsp3) is 0.148. The predicted octanol–water partition coefficient (Wildman–Crippen LogP) is 4.53. The molecule has 1 aromatic heterocycles. The van der Waals surface area contributed by atoms with Gasteiger partial charge in [0.1, 0.15) is 0 Å². The van der Waals surface area contributed by atoms with Crippen LogP contribution in [-0.2, 0) is 19.6 Å². The first-order chi connectivity index (χ1) is 16.7. The van der Waals surface area contributed by atoms with Gasteiger partial charge in [-0.05, 0) is 35.9 Å². The molecule has 0 bridgehead atoms. The highest BCUT2D eigenvalue weighted by Gasteiger charge is 2.22. The molecule has 2 N–H and O–H groups in total. The molecule has 0 unspecified atom stereocenters. The van der Waals surface area contributed by atoms with Crippen LogP contribution in [0, 0.1) is 0 Å². The van der Waals surface area contributed by atoms with Crippen LogP contribution in [0.4, 0.5) is 10.5 Å². The van der Waals surface area contributed by atoms with E-state index in [1.165, 1.54) is 0 Å². The third kappa shape index (κ3) is 4.83. The minimum atomic E-state index is -0.171. The van der Waals surface area contributed by atoms with Crippen LogP contribution in [0.1, 0.15) is 21.6 Å². The topological polar surface area (TPSA) is 79.3 Å². The Balaban J connectivity index is 1.17. The van der Waals surface area contributed by atoms with Crippen molar-refractivity contribution in [3.05, 3.63) is 108 Å². The zero-order valence-electron chi connectivity index (χ0n) is 18.6. The summed E-state index contributed by atoms with van der Waals surface area (Å²) in [5, 5.41) is 10.5. The van der Waals surface area contributed by atoms with Gasteiger partial charge in [-0.15, -0.1) is 0 Å². The quantitative estimate of drug-likeness (QED) is 0.468. The molecule has 1 aliphatic heterocycles. The molecule has 7 nitrogen and oxygen atoms in total. The van der Waals surface area contributed by atoms with E-state index in [1.54, 1.807) is 29.2 Å². The molecule has 0 saturated heterocycles. The van der Waals surface area contributed by atoms with Gasteiger partial charge in [-0.25, -0.2) is 4.79 Å². The van der Waals surface area contributed by atoms with Gasteiger partial charge in [0, 0.05) is 29.9 Å². The Morgan fingerprint density at radius 2 is 1.56 bits per heavy atom. The van der Waals surface area contributed by atoms with Gasteiger partial charge >= 0.3 is 6.03 Å². The van der Waals surface area contributed by atoms with Crippen molar-refractivity contribution < 1.29 is 9.59 Å². The second-order valence-electron chi connectivity index (χ2n) is 8.21. The molecule has 0 atom stereocenters. The van der Waals surface area contributed by atoms with Crippen LogP contribution in [0.5, 0.6) is 0 Å². The normalized spacial score (nSPS) is 12.6. The summed E-state index contributed by atoms with van der Waals surface area (Å²) in [7, 11) is 0. The number of carbonyl (C=O) groups excluding carboxylic acids is 2. The standard InChI is InChI=1S/C27H25N5O2/c33-26(28-18-20-7-3-1-4-8-20)22-11-13-23(14-12-22)29-27(34)31-15-16-32-24(19-31)17-25(30-32)21-9-5-2-6-10-21/h1-14,17H,15-16,18-19H2,(H,28,33)(H,29,34). The highest BCUT2D eigenvalue weighted by Crippen LogP contribution is 2.22. The van der Waals surface area contributed by atoms with Crippen LogP contribution >= 0.6 is 0 Å². The number of hydrogen-bond acceptors (Lipinski definition) is 3. The fourth-order valence-corrected chi connectivity index (χ4v) is 3.98. The van der Waals surface area contributed by atoms with Gasteiger partial charge in [-0.2, -0.15) is 5.10 Å². The van der Waals surface area contributed by atoms with Crippen molar-refractivity contribution in [3.63, 3.8) is 0 Å². The smallest absolute Gasteiger partial charge is 0.322 e. The summed E-state index contributed by atoms with van der Waals surface area (Å²) < 4.78 is 1.97. The van der Waals surface area contributed by atoms with E-state index in [4.69, 9.17) is 0 Å². The average molecular weight is 452 g/mol. The number of urea groups is 1. The summed E-state index contributed by atoms with van der Waals surface area (Å²) in [4.78, 5) is 27.0. The van der Waals surface area contributed by atoms with Gasteiger partial charge in [0.25, 0.3) is 5.91 Å². The molecule has 0 spiro atoms. The Kier molecular flexibility index (Phi) is 6.07. The van der Waals surface area contributed by atoms with E-state index in [1.807, 2.05) is 71.4 Å². The van der Waals surface area contributed by atoms with Gasteiger partial charge < -0.3 is 15.5 Å². The van der Waals surface area contributed by atoms with Gasteiger partial charge in [0.2, 0.25) is 0 Å². The molecule has 0 saturated carbocycles. The molecular weight excluding hydrogens is 426 g/mol. The van der Waals surface area contributed by atoms with Crippen LogP contribution in [0.3, 0.4) is 0 Å². The Bertz CT molecular complexity index is 1280. The first-order valence-electron chi connectivity index (χ1n) is 11.3. The Morgan fingerprint density at radius 1 is 0.853 bits per heavy atom. The number of rotatable bonds is 5. The van der Waals surface area contributed by atoms with Gasteiger partial charge in [-0.3, -0.25) is 9.48 Å². The number of nitrogens with one attached hydrogen (secondary N) is 2. The van der Waals surface area contributed by atoms with Crippen molar-refractivity contribution in [2.75, 3.05) is 11.9 Å². The maximum Gasteiger partial charge on any atom is 0.322 e. The molecule has 0 radical (unpaired) electrons. The first-order valence-corrected chi connectivity index (χ1v) is 11.3. The molecule has 4 aromatic rings. The molecule has 170 valence electrons. The van der Waals surface area contributed by atoms with Gasteiger partial charge in [0.05, 0.1) is 24.5 Å². The summed E-state index contributed by atoms with van der Waals surface area (Å²) >= 11 is 0. The van der Waals surface area contributed by atoms with Crippen LogP contribution in [0.2, 0.25) is 0 Å².